The van der Waals surface area contributed by atoms with Gasteiger partial charge in [-0.1, -0.05) is 12.1 Å². The van der Waals surface area contributed by atoms with Gasteiger partial charge in [-0.3, -0.25) is 0 Å². The van der Waals surface area contributed by atoms with Crippen LogP contribution in [0.15, 0.2) is 12.1 Å². The second-order valence-electron chi connectivity index (χ2n) is 19.0. The maximum atomic E-state index is 13.0. The molecular weight excluding hydrogens is 721 g/mol. The number of carbonyl (C=O) groups is 2. The van der Waals surface area contributed by atoms with Gasteiger partial charge >= 0.3 is 11.9 Å². The van der Waals surface area contributed by atoms with Crippen LogP contribution in [0, 0.1) is 83.1 Å². The number of hydrogen-bond donors (Lipinski definition) is 0. The Hall–Kier alpha value is -4.58. The standard InChI is InChI=1S/C52H68O6/c1-27-19-28(2)40-22-44-34(8)46(38(12)50(36(44)10)56-26-48(54)58-52(16,17)18)24-42-30(4)20-29(3)41(32(42)6)23-45-33(7)43(21-39(27)31(40)5)35(9)49(37(45)11)55-25-47(53)57-51(13,14)15/h19-20H,21-26H2,1-18H3. The molecule has 0 unspecified atom stereocenters. The van der Waals surface area contributed by atoms with Crippen molar-refractivity contribution in [1.82, 2.24) is 0 Å². The number of benzene rings is 4. The molecule has 0 spiro atoms. The summed E-state index contributed by atoms with van der Waals surface area (Å²) in [6.45, 7) is 37.5. The van der Waals surface area contributed by atoms with Crippen molar-refractivity contribution in [2.24, 2.45) is 0 Å². The van der Waals surface area contributed by atoms with Crippen LogP contribution >= 0.6 is 0 Å². The summed E-state index contributed by atoms with van der Waals surface area (Å²) < 4.78 is 24.3. The van der Waals surface area contributed by atoms with E-state index in [1.165, 1.54) is 89.0 Å². The van der Waals surface area contributed by atoms with Crippen LogP contribution in [0.2, 0.25) is 0 Å². The molecule has 0 radical (unpaired) electrons. The fourth-order valence-electron chi connectivity index (χ4n) is 9.44. The van der Waals surface area contributed by atoms with Crippen LogP contribution in [0.3, 0.4) is 0 Å². The second-order valence-corrected chi connectivity index (χ2v) is 19.0. The molecule has 0 amide bonds. The SMILES string of the molecule is Cc1cc(C)c2c(C)c1Cc1c(C)c(c(C)c(OCC(=O)OC(C)(C)C)c1C)Cc1c(C)cc(C)c(c1C)Cc1c(C)c(c(C)c(OCC(=O)OC(C)(C)C)c1C)C2. The van der Waals surface area contributed by atoms with Crippen molar-refractivity contribution in [3.63, 3.8) is 0 Å². The number of carbonyl (C=O) groups excluding carboxylic acids is 2. The first-order valence-corrected chi connectivity index (χ1v) is 20.9. The van der Waals surface area contributed by atoms with E-state index >= 15 is 0 Å². The Labute approximate surface area is 349 Å². The lowest BCUT2D eigenvalue weighted by molar-refractivity contribution is -0.158. The highest BCUT2D eigenvalue weighted by molar-refractivity contribution is 5.73. The minimum Gasteiger partial charge on any atom is -0.481 e. The molecule has 6 nitrogen and oxygen atoms in total. The Kier molecular flexibility index (Phi) is 12.7. The predicted molar refractivity (Wildman–Crippen MR) is 237 cm³/mol. The third-order valence-electron chi connectivity index (χ3n) is 12.5. The summed E-state index contributed by atoms with van der Waals surface area (Å²) in [5.74, 6) is 0.778. The average molecular weight is 789 g/mol. The summed E-state index contributed by atoms with van der Waals surface area (Å²) >= 11 is 0. The van der Waals surface area contributed by atoms with Crippen molar-refractivity contribution in [2.45, 2.75) is 162 Å². The average Bonchev–Trinajstić information content (AvgIpc) is 3.08. The Balaban J connectivity index is 1.80. The summed E-state index contributed by atoms with van der Waals surface area (Å²) in [6, 6.07) is 4.67. The first-order chi connectivity index (χ1) is 26.8. The summed E-state index contributed by atoms with van der Waals surface area (Å²) in [6.07, 6.45) is 2.93. The monoisotopic (exact) mass is 789 g/mol. The zero-order valence-electron chi connectivity index (χ0n) is 38.8. The van der Waals surface area contributed by atoms with Gasteiger partial charge in [-0.2, -0.15) is 0 Å². The molecule has 0 fully saturated rings. The molecular formula is C52H68O6. The van der Waals surface area contributed by atoms with Crippen LogP contribution < -0.4 is 9.47 Å². The molecule has 8 bridgehead atoms. The largest absolute Gasteiger partial charge is 0.481 e. The fourth-order valence-corrected chi connectivity index (χ4v) is 9.44. The van der Waals surface area contributed by atoms with E-state index in [0.29, 0.717) is 0 Å². The molecule has 5 rings (SSSR count). The van der Waals surface area contributed by atoms with E-state index in [-0.39, 0.29) is 25.2 Å². The first-order valence-electron chi connectivity index (χ1n) is 20.9. The van der Waals surface area contributed by atoms with Crippen LogP contribution in [0.25, 0.3) is 0 Å². The number of hydrogen-bond acceptors (Lipinski definition) is 6. The van der Waals surface area contributed by atoms with Gasteiger partial charge in [0.15, 0.2) is 13.2 Å². The lowest BCUT2D eigenvalue weighted by Gasteiger charge is -2.28. The molecule has 1 aliphatic rings. The molecule has 4 aromatic rings. The molecule has 0 saturated carbocycles. The third-order valence-corrected chi connectivity index (χ3v) is 12.5. The zero-order chi connectivity index (χ0) is 43.3. The van der Waals surface area contributed by atoms with E-state index in [9.17, 15) is 9.59 Å². The van der Waals surface area contributed by atoms with E-state index in [1.54, 1.807) is 0 Å². The summed E-state index contributed by atoms with van der Waals surface area (Å²) in [5.41, 5.74) is 23.3. The molecule has 1 aliphatic carbocycles. The van der Waals surface area contributed by atoms with Gasteiger partial charge < -0.3 is 18.9 Å². The van der Waals surface area contributed by atoms with Gasteiger partial charge in [0.05, 0.1) is 0 Å². The number of fused-ring (bicyclic) bond motifs is 8. The topological polar surface area (TPSA) is 71.1 Å². The highest BCUT2D eigenvalue weighted by atomic mass is 16.6. The lowest BCUT2D eigenvalue weighted by Crippen LogP contribution is -2.27. The van der Waals surface area contributed by atoms with Crippen molar-refractivity contribution >= 4 is 11.9 Å². The van der Waals surface area contributed by atoms with Crippen molar-refractivity contribution in [3.05, 3.63) is 123 Å². The lowest BCUT2D eigenvalue weighted by atomic mass is 9.79. The highest BCUT2D eigenvalue weighted by Gasteiger charge is 2.27. The quantitative estimate of drug-likeness (QED) is 0.160. The predicted octanol–water partition coefficient (Wildman–Crippen LogP) is 11.5. The van der Waals surface area contributed by atoms with Gasteiger partial charge in [0.25, 0.3) is 0 Å². The van der Waals surface area contributed by atoms with E-state index < -0.39 is 11.2 Å². The molecule has 0 aliphatic heterocycles. The van der Waals surface area contributed by atoms with Gasteiger partial charge in [-0.25, -0.2) is 9.59 Å². The Morgan fingerprint density at radius 3 is 0.845 bits per heavy atom. The number of ether oxygens (including phenoxy) is 4. The van der Waals surface area contributed by atoms with Gasteiger partial charge in [0.2, 0.25) is 0 Å². The van der Waals surface area contributed by atoms with E-state index in [4.69, 9.17) is 18.9 Å². The molecule has 0 atom stereocenters. The molecule has 312 valence electrons. The number of aryl methyl sites for hydroxylation is 4. The van der Waals surface area contributed by atoms with Gasteiger partial charge in [-0.05, 0) is 262 Å². The minimum absolute atomic E-state index is 0.153. The van der Waals surface area contributed by atoms with Crippen molar-refractivity contribution < 1.29 is 28.5 Å². The Bertz CT molecular complexity index is 2030. The highest BCUT2D eigenvalue weighted by Crippen LogP contribution is 2.42. The first kappa shape index (κ1) is 44.5. The molecule has 0 N–H and O–H groups in total. The third kappa shape index (κ3) is 9.17. The number of rotatable bonds is 6. The van der Waals surface area contributed by atoms with E-state index in [0.717, 1.165) is 59.4 Å². The van der Waals surface area contributed by atoms with Crippen LogP contribution in [0.1, 0.15) is 153 Å². The number of esters is 2. The molecule has 0 heterocycles. The van der Waals surface area contributed by atoms with Crippen LogP contribution in [0.4, 0.5) is 0 Å². The van der Waals surface area contributed by atoms with Crippen molar-refractivity contribution in [3.8, 4) is 11.5 Å². The zero-order valence-corrected chi connectivity index (χ0v) is 38.8. The Morgan fingerprint density at radius 2 is 0.621 bits per heavy atom. The van der Waals surface area contributed by atoms with Gasteiger partial charge in [0, 0.05) is 0 Å². The van der Waals surface area contributed by atoms with E-state index in [2.05, 4.69) is 95.2 Å². The maximum absolute atomic E-state index is 13.0. The summed E-state index contributed by atoms with van der Waals surface area (Å²) in [4.78, 5) is 26.0. The maximum Gasteiger partial charge on any atom is 0.344 e. The molecule has 58 heavy (non-hydrogen) atoms. The van der Waals surface area contributed by atoms with Crippen molar-refractivity contribution in [2.75, 3.05) is 13.2 Å². The molecule has 0 saturated heterocycles. The van der Waals surface area contributed by atoms with Crippen LogP contribution in [-0.4, -0.2) is 36.4 Å². The van der Waals surface area contributed by atoms with Gasteiger partial charge in [-0.15, -0.1) is 0 Å². The Morgan fingerprint density at radius 1 is 0.397 bits per heavy atom. The van der Waals surface area contributed by atoms with E-state index in [1.807, 2.05) is 41.5 Å². The smallest absolute Gasteiger partial charge is 0.344 e. The second kappa shape index (κ2) is 16.6. The summed E-state index contributed by atoms with van der Waals surface area (Å²) in [7, 11) is 0. The van der Waals surface area contributed by atoms with Crippen LogP contribution in [0.5, 0.6) is 11.5 Å². The van der Waals surface area contributed by atoms with Crippen molar-refractivity contribution in [1.29, 1.82) is 0 Å². The van der Waals surface area contributed by atoms with Gasteiger partial charge in [0.1, 0.15) is 22.7 Å². The normalized spacial score (nSPS) is 13.0. The molecule has 6 heteroatoms. The minimum atomic E-state index is -0.599. The van der Waals surface area contributed by atoms with Crippen LogP contribution in [-0.2, 0) is 44.7 Å². The fraction of sp³-hybridized carbons (Fsp3) is 0.500. The molecule has 4 aromatic carbocycles. The molecule has 0 aromatic heterocycles. The summed E-state index contributed by atoms with van der Waals surface area (Å²) in [5, 5.41) is 0.